The van der Waals surface area contributed by atoms with Crippen LogP contribution in [-0.4, -0.2) is 25.0 Å². The van der Waals surface area contributed by atoms with E-state index >= 15 is 0 Å². The molecular weight excluding hydrogens is 400 g/mol. The van der Waals surface area contributed by atoms with E-state index in [2.05, 4.69) is 41.7 Å². The molecule has 0 saturated heterocycles. The highest BCUT2D eigenvalue weighted by Gasteiger charge is 2.25. The fourth-order valence-corrected chi connectivity index (χ4v) is 3.85. The van der Waals surface area contributed by atoms with Crippen LogP contribution in [0, 0.1) is 6.92 Å². The molecule has 0 aromatic heterocycles. The molecule has 4 rings (SSSR count). The minimum atomic E-state index is -0.0617. The van der Waals surface area contributed by atoms with Crippen molar-refractivity contribution in [2.24, 2.45) is 0 Å². The number of aryl methyl sites for hydroxylation is 3. The minimum absolute atomic E-state index is 0.0423. The van der Waals surface area contributed by atoms with Crippen LogP contribution in [-0.2, 0) is 22.4 Å². The molecule has 5 heteroatoms. The molecule has 3 aromatic rings. The van der Waals surface area contributed by atoms with Crippen molar-refractivity contribution in [3.8, 4) is 5.75 Å². The highest BCUT2D eigenvalue weighted by molar-refractivity contribution is 5.99. The number of rotatable bonds is 8. The highest BCUT2D eigenvalue weighted by atomic mass is 16.5. The van der Waals surface area contributed by atoms with Crippen molar-refractivity contribution in [1.29, 1.82) is 0 Å². The Hall–Kier alpha value is -3.60. The zero-order valence-electron chi connectivity index (χ0n) is 18.3. The van der Waals surface area contributed by atoms with Gasteiger partial charge in [0.25, 0.3) is 5.91 Å². The fourth-order valence-electron chi connectivity index (χ4n) is 3.85. The summed E-state index contributed by atoms with van der Waals surface area (Å²) in [7, 11) is 0. The maximum atomic E-state index is 12.5. The zero-order valence-corrected chi connectivity index (χ0v) is 18.3. The van der Waals surface area contributed by atoms with Gasteiger partial charge in [-0.2, -0.15) is 0 Å². The van der Waals surface area contributed by atoms with Crippen LogP contribution < -0.4 is 15.0 Å². The third-order valence-electron chi connectivity index (χ3n) is 5.64. The molecule has 0 aliphatic carbocycles. The van der Waals surface area contributed by atoms with E-state index in [1.165, 1.54) is 11.1 Å². The predicted molar refractivity (Wildman–Crippen MR) is 127 cm³/mol. The Bertz CT molecular complexity index is 1080. The van der Waals surface area contributed by atoms with Gasteiger partial charge in [0.15, 0.2) is 6.61 Å². The molecule has 5 nitrogen and oxygen atoms in total. The summed E-state index contributed by atoms with van der Waals surface area (Å²) in [5, 5.41) is 2.96. The largest absolute Gasteiger partial charge is 0.482 e. The first-order valence-electron chi connectivity index (χ1n) is 11.0. The van der Waals surface area contributed by atoms with Crippen molar-refractivity contribution in [3.05, 3.63) is 89.5 Å². The van der Waals surface area contributed by atoms with Crippen LogP contribution in [0.15, 0.2) is 72.8 Å². The average Bonchev–Trinajstić information content (AvgIpc) is 2.81. The monoisotopic (exact) mass is 428 g/mol. The van der Waals surface area contributed by atoms with Gasteiger partial charge in [-0.05, 0) is 55.5 Å². The summed E-state index contributed by atoms with van der Waals surface area (Å²) in [6.07, 6.45) is 2.83. The Balaban J connectivity index is 1.38. The minimum Gasteiger partial charge on any atom is -0.482 e. The van der Waals surface area contributed by atoms with Gasteiger partial charge in [0.2, 0.25) is 5.91 Å². The van der Waals surface area contributed by atoms with Crippen LogP contribution in [0.25, 0.3) is 0 Å². The molecule has 164 valence electrons. The molecular formula is C27H28N2O3. The van der Waals surface area contributed by atoms with Gasteiger partial charge in [-0.25, -0.2) is 0 Å². The standard InChI is InChI=1S/C27H28N2O3/c1-20-9-11-22(12-10-20)13-16-26(30)28-23-14-15-25-24(18-23)29(27(31)19-32-25)17-5-8-21-6-3-2-4-7-21/h2-4,6-7,9-12,14-15,18H,5,8,13,16-17,19H2,1H3,(H,28,30). The molecule has 0 radical (unpaired) electrons. The number of amides is 2. The highest BCUT2D eigenvalue weighted by Crippen LogP contribution is 2.34. The Kier molecular flexibility index (Phi) is 6.85. The smallest absolute Gasteiger partial charge is 0.265 e. The lowest BCUT2D eigenvalue weighted by Crippen LogP contribution is -2.39. The van der Waals surface area contributed by atoms with E-state index in [1.54, 1.807) is 4.90 Å². The van der Waals surface area contributed by atoms with Gasteiger partial charge in [0.1, 0.15) is 5.75 Å². The Labute approximate surface area is 189 Å². The summed E-state index contributed by atoms with van der Waals surface area (Å²) < 4.78 is 5.60. The normalized spacial score (nSPS) is 12.8. The van der Waals surface area contributed by atoms with Gasteiger partial charge in [-0.3, -0.25) is 9.59 Å². The number of ether oxygens (including phenoxy) is 1. The summed E-state index contributed by atoms with van der Waals surface area (Å²) in [6, 6.07) is 23.9. The summed E-state index contributed by atoms with van der Waals surface area (Å²) in [5.41, 5.74) is 4.98. The molecule has 1 aliphatic rings. The van der Waals surface area contributed by atoms with Gasteiger partial charge >= 0.3 is 0 Å². The number of nitrogens with zero attached hydrogens (tertiary/aromatic N) is 1. The molecule has 2 amide bonds. The van der Waals surface area contributed by atoms with Crippen LogP contribution in [0.3, 0.4) is 0 Å². The molecule has 0 atom stereocenters. The van der Waals surface area contributed by atoms with Gasteiger partial charge in [-0.15, -0.1) is 0 Å². The lowest BCUT2D eigenvalue weighted by molar-refractivity contribution is -0.121. The van der Waals surface area contributed by atoms with Crippen LogP contribution >= 0.6 is 0 Å². The van der Waals surface area contributed by atoms with E-state index < -0.39 is 0 Å². The Morgan fingerprint density at radius 3 is 2.50 bits per heavy atom. The van der Waals surface area contributed by atoms with Crippen LogP contribution in [0.2, 0.25) is 0 Å². The average molecular weight is 429 g/mol. The van der Waals surface area contributed by atoms with Gasteiger partial charge < -0.3 is 15.0 Å². The number of hydrogen-bond donors (Lipinski definition) is 1. The van der Waals surface area contributed by atoms with Crippen LogP contribution in [0.5, 0.6) is 5.75 Å². The first-order chi connectivity index (χ1) is 15.6. The van der Waals surface area contributed by atoms with Gasteiger partial charge in [0.05, 0.1) is 5.69 Å². The Morgan fingerprint density at radius 2 is 1.72 bits per heavy atom. The molecule has 1 aliphatic heterocycles. The van der Waals surface area contributed by atoms with Gasteiger partial charge in [0, 0.05) is 18.7 Å². The lowest BCUT2D eigenvalue weighted by Gasteiger charge is -2.30. The number of carbonyl (C=O) groups is 2. The van der Waals surface area contributed by atoms with E-state index in [9.17, 15) is 9.59 Å². The first-order valence-corrected chi connectivity index (χ1v) is 11.0. The van der Waals surface area contributed by atoms with E-state index in [-0.39, 0.29) is 18.4 Å². The van der Waals surface area contributed by atoms with Gasteiger partial charge in [-0.1, -0.05) is 60.2 Å². The van der Waals surface area contributed by atoms with E-state index in [0.29, 0.717) is 36.5 Å². The number of carbonyl (C=O) groups excluding carboxylic acids is 2. The van der Waals surface area contributed by atoms with Crippen LogP contribution in [0.1, 0.15) is 29.5 Å². The molecule has 0 saturated carbocycles. The van der Waals surface area contributed by atoms with Crippen molar-refractivity contribution in [2.45, 2.75) is 32.6 Å². The summed E-state index contributed by atoms with van der Waals surface area (Å²) in [6.45, 7) is 2.70. The van der Waals surface area contributed by atoms with Crippen molar-refractivity contribution < 1.29 is 14.3 Å². The predicted octanol–water partition coefficient (Wildman–Crippen LogP) is 4.92. The van der Waals surface area contributed by atoms with Crippen molar-refractivity contribution in [2.75, 3.05) is 23.4 Å². The van der Waals surface area contributed by atoms with E-state index in [1.807, 2.05) is 43.3 Å². The number of nitrogens with one attached hydrogen (secondary N) is 1. The van der Waals surface area contributed by atoms with E-state index in [0.717, 1.165) is 18.4 Å². The number of benzene rings is 3. The maximum Gasteiger partial charge on any atom is 0.265 e. The van der Waals surface area contributed by atoms with Crippen LogP contribution in [0.4, 0.5) is 11.4 Å². The zero-order chi connectivity index (χ0) is 22.3. The summed E-state index contributed by atoms with van der Waals surface area (Å²) in [5.74, 6) is 0.555. The second-order valence-electron chi connectivity index (χ2n) is 8.14. The topological polar surface area (TPSA) is 58.6 Å². The van der Waals surface area contributed by atoms with Crippen molar-refractivity contribution in [1.82, 2.24) is 0 Å². The number of hydrogen-bond acceptors (Lipinski definition) is 3. The molecule has 0 spiro atoms. The second kappa shape index (κ2) is 10.1. The van der Waals surface area contributed by atoms with Crippen molar-refractivity contribution >= 4 is 23.2 Å². The fraction of sp³-hybridized carbons (Fsp3) is 0.259. The molecule has 1 heterocycles. The molecule has 0 unspecified atom stereocenters. The second-order valence-corrected chi connectivity index (χ2v) is 8.14. The maximum absolute atomic E-state index is 12.5. The number of fused-ring (bicyclic) bond motifs is 1. The first kappa shape index (κ1) is 21.6. The molecule has 0 fully saturated rings. The summed E-state index contributed by atoms with van der Waals surface area (Å²) in [4.78, 5) is 26.8. The lowest BCUT2D eigenvalue weighted by atomic mass is 10.1. The molecule has 32 heavy (non-hydrogen) atoms. The number of anilines is 2. The summed E-state index contributed by atoms with van der Waals surface area (Å²) >= 11 is 0. The Morgan fingerprint density at radius 1 is 0.969 bits per heavy atom. The molecule has 1 N–H and O–H groups in total. The third kappa shape index (κ3) is 5.55. The third-order valence-corrected chi connectivity index (χ3v) is 5.64. The molecule has 3 aromatic carbocycles. The molecule has 0 bridgehead atoms. The quantitative estimate of drug-likeness (QED) is 0.554. The van der Waals surface area contributed by atoms with Crippen molar-refractivity contribution in [3.63, 3.8) is 0 Å². The van der Waals surface area contributed by atoms with E-state index in [4.69, 9.17) is 4.74 Å². The SMILES string of the molecule is Cc1ccc(CCC(=O)Nc2ccc3c(c2)N(CCCc2ccccc2)C(=O)CO3)cc1.